The number of aliphatic hydroxyl groups is 1. The minimum Gasteiger partial charge on any atom is -0.394 e. The number of aliphatic hydroxyl groups excluding tert-OH is 1. The highest BCUT2D eigenvalue weighted by Crippen LogP contribution is 2.31. The Hall–Kier alpha value is -0.460. The van der Waals surface area contributed by atoms with Crippen molar-refractivity contribution < 1.29 is 9.84 Å². The van der Waals surface area contributed by atoms with E-state index in [0.717, 1.165) is 11.0 Å². The molecular formula is C16H25BrN2O2. The van der Waals surface area contributed by atoms with Gasteiger partial charge in [0.05, 0.1) is 18.3 Å². The molecule has 0 aliphatic carbocycles. The van der Waals surface area contributed by atoms with Gasteiger partial charge in [0.1, 0.15) is 0 Å². The monoisotopic (exact) mass is 356 g/mol. The van der Waals surface area contributed by atoms with E-state index in [-0.39, 0.29) is 30.4 Å². The first-order valence-corrected chi connectivity index (χ1v) is 8.15. The fourth-order valence-electron chi connectivity index (χ4n) is 3.15. The summed E-state index contributed by atoms with van der Waals surface area (Å²) in [6.45, 7) is 7.67. The molecule has 4 nitrogen and oxygen atoms in total. The van der Waals surface area contributed by atoms with Crippen molar-refractivity contribution in [3.05, 3.63) is 34.3 Å². The van der Waals surface area contributed by atoms with E-state index in [1.54, 1.807) is 0 Å². The van der Waals surface area contributed by atoms with Crippen LogP contribution in [-0.4, -0.2) is 47.4 Å². The maximum Gasteiger partial charge on any atom is 0.0940 e. The maximum absolute atomic E-state index is 9.48. The third-order valence-corrected chi connectivity index (χ3v) is 4.34. The average molecular weight is 357 g/mol. The second-order valence-corrected chi connectivity index (χ2v) is 7.38. The van der Waals surface area contributed by atoms with Crippen LogP contribution in [0.5, 0.6) is 0 Å². The number of halogens is 1. The molecule has 1 aliphatic rings. The number of rotatable bonds is 4. The Morgan fingerprint density at radius 3 is 2.57 bits per heavy atom. The van der Waals surface area contributed by atoms with E-state index in [2.05, 4.69) is 46.8 Å². The van der Waals surface area contributed by atoms with E-state index < -0.39 is 0 Å². The normalized spacial score (nSPS) is 25.5. The molecule has 0 amide bonds. The number of morpholine rings is 1. The average Bonchev–Trinajstić information content (AvgIpc) is 2.39. The first kappa shape index (κ1) is 16.9. The third-order valence-electron chi connectivity index (χ3n) is 3.81. The van der Waals surface area contributed by atoms with Gasteiger partial charge in [0.25, 0.3) is 0 Å². The minimum absolute atomic E-state index is 0.000539. The van der Waals surface area contributed by atoms with Crippen LogP contribution in [0.1, 0.15) is 32.4 Å². The number of ether oxygens (including phenoxy) is 1. The summed E-state index contributed by atoms with van der Waals surface area (Å²) < 4.78 is 6.96. The molecule has 118 valence electrons. The first-order chi connectivity index (χ1) is 9.82. The van der Waals surface area contributed by atoms with E-state index in [1.807, 2.05) is 19.1 Å². The second-order valence-electron chi connectivity index (χ2n) is 6.47. The summed E-state index contributed by atoms with van der Waals surface area (Å²) in [4.78, 5) is 2.33. The van der Waals surface area contributed by atoms with Crippen molar-refractivity contribution in [2.24, 2.45) is 5.73 Å². The van der Waals surface area contributed by atoms with Gasteiger partial charge in [-0.2, -0.15) is 0 Å². The molecule has 0 saturated carbocycles. The Morgan fingerprint density at radius 1 is 1.43 bits per heavy atom. The van der Waals surface area contributed by atoms with Crippen molar-refractivity contribution >= 4 is 15.9 Å². The topological polar surface area (TPSA) is 58.7 Å². The highest BCUT2D eigenvalue weighted by Gasteiger charge is 2.37. The van der Waals surface area contributed by atoms with Crippen molar-refractivity contribution in [3.8, 4) is 0 Å². The van der Waals surface area contributed by atoms with Crippen LogP contribution in [0, 0.1) is 0 Å². The highest BCUT2D eigenvalue weighted by atomic mass is 79.9. The molecule has 0 spiro atoms. The lowest BCUT2D eigenvalue weighted by atomic mass is 9.95. The lowest BCUT2D eigenvalue weighted by Crippen LogP contribution is -2.56. The van der Waals surface area contributed by atoms with Crippen molar-refractivity contribution in [2.75, 3.05) is 19.7 Å². The highest BCUT2D eigenvalue weighted by molar-refractivity contribution is 9.10. The van der Waals surface area contributed by atoms with Crippen LogP contribution in [0.2, 0.25) is 0 Å². The molecule has 5 heteroatoms. The molecule has 21 heavy (non-hydrogen) atoms. The molecular weight excluding hydrogens is 332 g/mol. The van der Waals surface area contributed by atoms with Gasteiger partial charge in [-0.25, -0.2) is 0 Å². The summed E-state index contributed by atoms with van der Waals surface area (Å²) in [5.74, 6) is 0. The summed E-state index contributed by atoms with van der Waals surface area (Å²) in [5.41, 5.74) is 7.17. The maximum atomic E-state index is 9.48. The summed E-state index contributed by atoms with van der Waals surface area (Å²) in [5, 5.41) is 9.48. The lowest BCUT2D eigenvalue weighted by Gasteiger charge is -2.46. The number of benzene rings is 1. The van der Waals surface area contributed by atoms with Crippen molar-refractivity contribution in [1.29, 1.82) is 0 Å². The molecule has 0 aromatic heterocycles. The smallest absolute Gasteiger partial charge is 0.0940 e. The zero-order valence-electron chi connectivity index (χ0n) is 12.9. The summed E-state index contributed by atoms with van der Waals surface area (Å²) >= 11 is 3.47. The molecule has 0 radical (unpaired) electrons. The van der Waals surface area contributed by atoms with Gasteiger partial charge in [0.2, 0.25) is 0 Å². The number of nitrogens with zero attached hydrogens (tertiary/aromatic N) is 1. The van der Waals surface area contributed by atoms with E-state index >= 15 is 0 Å². The zero-order valence-corrected chi connectivity index (χ0v) is 14.5. The SMILES string of the molecule is CC(N)C(c1ccc(Br)cc1)N1CC(CO)OC(C)(C)C1. The van der Waals surface area contributed by atoms with Gasteiger partial charge >= 0.3 is 0 Å². The van der Waals surface area contributed by atoms with Crippen LogP contribution in [-0.2, 0) is 4.74 Å². The van der Waals surface area contributed by atoms with Gasteiger partial charge in [-0.1, -0.05) is 28.1 Å². The van der Waals surface area contributed by atoms with E-state index in [1.165, 1.54) is 5.56 Å². The van der Waals surface area contributed by atoms with Gasteiger partial charge in [0.15, 0.2) is 0 Å². The van der Waals surface area contributed by atoms with Crippen LogP contribution in [0.15, 0.2) is 28.7 Å². The Kier molecular flexibility index (Phi) is 5.43. The molecule has 1 aromatic rings. The van der Waals surface area contributed by atoms with E-state index in [0.29, 0.717) is 6.54 Å². The third kappa shape index (κ3) is 4.27. The summed E-state index contributed by atoms with van der Waals surface area (Å²) in [7, 11) is 0. The molecule has 1 fully saturated rings. The molecule has 2 rings (SSSR count). The van der Waals surface area contributed by atoms with Gasteiger partial charge in [-0.15, -0.1) is 0 Å². The van der Waals surface area contributed by atoms with E-state index in [4.69, 9.17) is 10.5 Å². The predicted molar refractivity (Wildman–Crippen MR) is 88.1 cm³/mol. The zero-order chi connectivity index (χ0) is 15.6. The summed E-state index contributed by atoms with van der Waals surface area (Å²) in [6.07, 6.45) is -0.162. The lowest BCUT2D eigenvalue weighted by molar-refractivity contribution is -0.158. The van der Waals surface area contributed by atoms with Crippen molar-refractivity contribution in [1.82, 2.24) is 4.90 Å². The Morgan fingerprint density at radius 2 is 2.05 bits per heavy atom. The first-order valence-electron chi connectivity index (χ1n) is 7.36. The summed E-state index contributed by atoms with van der Waals surface area (Å²) in [6, 6.07) is 8.41. The van der Waals surface area contributed by atoms with Gasteiger partial charge in [0, 0.05) is 29.6 Å². The quantitative estimate of drug-likeness (QED) is 0.868. The molecule has 0 bridgehead atoms. The number of hydrogen-bond acceptors (Lipinski definition) is 4. The van der Waals surface area contributed by atoms with Crippen LogP contribution in [0.25, 0.3) is 0 Å². The van der Waals surface area contributed by atoms with Crippen LogP contribution in [0.3, 0.4) is 0 Å². The number of hydrogen-bond donors (Lipinski definition) is 2. The Bertz CT molecular complexity index is 462. The molecule has 1 saturated heterocycles. The molecule has 1 aliphatic heterocycles. The minimum atomic E-state index is -0.284. The van der Waals surface area contributed by atoms with Crippen LogP contribution >= 0.6 is 15.9 Å². The fourth-order valence-corrected chi connectivity index (χ4v) is 3.42. The molecule has 3 unspecified atom stereocenters. The van der Waals surface area contributed by atoms with Crippen LogP contribution < -0.4 is 5.73 Å². The molecule has 1 aromatic carbocycles. The Labute approximate surface area is 135 Å². The molecule has 3 N–H and O–H groups in total. The van der Waals surface area contributed by atoms with Gasteiger partial charge in [-0.3, -0.25) is 4.90 Å². The van der Waals surface area contributed by atoms with Crippen molar-refractivity contribution in [2.45, 2.75) is 44.6 Å². The van der Waals surface area contributed by atoms with E-state index in [9.17, 15) is 5.11 Å². The predicted octanol–water partition coefficient (Wildman–Crippen LogP) is 2.31. The number of nitrogens with two attached hydrogens (primary N) is 1. The largest absolute Gasteiger partial charge is 0.394 e. The molecule has 1 heterocycles. The standard InChI is InChI=1S/C16H25BrN2O2/c1-11(18)15(12-4-6-13(17)7-5-12)19-8-14(9-20)21-16(2,3)10-19/h4-7,11,14-15,20H,8-10,18H2,1-3H3. The van der Waals surface area contributed by atoms with Crippen LogP contribution in [0.4, 0.5) is 0 Å². The van der Waals surface area contributed by atoms with Gasteiger partial charge < -0.3 is 15.6 Å². The van der Waals surface area contributed by atoms with Gasteiger partial charge in [-0.05, 0) is 38.5 Å². The Balaban J connectivity index is 2.27. The second kappa shape index (κ2) is 6.75. The molecule has 3 atom stereocenters. The van der Waals surface area contributed by atoms with Crippen molar-refractivity contribution in [3.63, 3.8) is 0 Å². The fraction of sp³-hybridized carbons (Fsp3) is 0.625.